The highest BCUT2D eigenvalue weighted by atomic mass is 16.5. The smallest absolute Gasteiger partial charge is 0.262 e. The van der Waals surface area contributed by atoms with E-state index in [1.165, 1.54) is 0 Å². The maximum absolute atomic E-state index is 12.7. The lowest BCUT2D eigenvalue weighted by Gasteiger charge is -2.32. The van der Waals surface area contributed by atoms with E-state index in [1.807, 2.05) is 30.3 Å². The second-order valence-corrected chi connectivity index (χ2v) is 7.26. The van der Waals surface area contributed by atoms with Crippen molar-refractivity contribution < 1.29 is 4.74 Å². The molecule has 1 aliphatic heterocycles. The van der Waals surface area contributed by atoms with Crippen LogP contribution in [0.25, 0.3) is 16.6 Å². The highest BCUT2D eigenvalue weighted by Crippen LogP contribution is 2.29. The molecule has 0 atom stereocenters. The van der Waals surface area contributed by atoms with Gasteiger partial charge in [0.25, 0.3) is 5.56 Å². The molecule has 4 heterocycles. The number of benzene rings is 1. The summed E-state index contributed by atoms with van der Waals surface area (Å²) in [5.74, 6) is 2.32. The Morgan fingerprint density at radius 3 is 2.66 bits per heavy atom. The highest BCUT2D eigenvalue weighted by molar-refractivity contribution is 5.78. The summed E-state index contributed by atoms with van der Waals surface area (Å²) in [5, 5.41) is 13.7. The Kier molecular flexibility index (Phi) is 4.15. The van der Waals surface area contributed by atoms with Crippen molar-refractivity contribution in [1.29, 1.82) is 0 Å². The van der Waals surface area contributed by atoms with E-state index < -0.39 is 0 Å². The fourth-order valence-electron chi connectivity index (χ4n) is 3.98. The zero-order valence-corrected chi connectivity index (χ0v) is 16.3. The van der Waals surface area contributed by atoms with Crippen LogP contribution in [0, 0.1) is 0 Å². The van der Waals surface area contributed by atoms with Gasteiger partial charge in [0.15, 0.2) is 11.5 Å². The van der Waals surface area contributed by atoms with E-state index in [1.54, 1.807) is 29.3 Å². The normalized spacial score (nSPS) is 15.3. The zero-order chi connectivity index (χ0) is 20.0. The molecule has 0 spiro atoms. The number of hydrogen-bond donors (Lipinski definition) is 0. The number of anilines is 1. The number of aromatic nitrogens is 6. The summed E-state index contributed by atoms with van der Waals surface area (Å²) in [5.41, 5.74) is 1.42. The van der Waals surface area contributed by atoms with Crippen LogP contribution in [0.1, 0.15) is 24.6 Å². The van der Waals surface area contributed by atoms with Crippen molar-refractivity contribution in [1.82, 2.24) is 29.4 Å². The number of nitrogens with zero attached hydrogens (tertiary/aromatic N) is 7. The minimum absolute atomic E-state index is 0.0209. The molecule has 1 aliphatic rings. The number of hydrogen-bond acceptors (Lipinski definition) is 7. The van der Waals surface area contributed by atoms with E-state index in [2.05, 4.69) is 20.2 Å². The molecule has 0 bridgehead atoms. The Hall–Kier alpha value is -3.49. The quantitative estimate of drug-likeness (QED) is 0.526. The van der Waals surface area contributed by atoms with Gasteiger partial charge < -0.3 is 9.64 Å². The molecule has 0 aliphatic carbocycles. The summed E-state index contributed by atoms with van der Waals surface area (Å²) in [6.45, 7) is 1.56. The van der Waals surface area contributed by atoms with Gasteiger partial charge in [-0.05, 0) is 31.0 Å². The zero-order valence-electron chi connectivity index (χ0n) is 16.3. The van der Waals surface area contributed by atoms with E-state index in [4.69, 9.17) is 9.72 Å². The number of piperidine rings is 1. The van der Waals surface area contributed by atoms with Gasteiger partial charge in [-0.3, -0.25) is 9.36 Å². The lowest BCUT2D eigenvalue weighted by Crippen LogP contribution is -2.38. The molecule has 4 aromatic rings. The number of fused-ring (bicyclic) bond motifs is 2. The molecular formula is C20H21N7O2. The van der Waals surface area contributed by atoms with Gasteiger partial charge in [-0.15, -0.1) is 15.3 Å². The number of para-hydroxylation sites is 1. The minimum atomic E-state index is -0.0209. The molecule has 1 fully saturated rings. The second kappa shape index (κ2) is 6.84. The third kappa shape index (κ3) is 2.89. The van der Waals surface area contributed by atoms with Crippen molar-refractivity contribution in [2.75, 3.05) is 25.1 Å². The Balaban J connectivity index is 1.42. The SMILES string of the molecule is COc1ccc2nnc(C3CCN(c4nc5ccccc5c(=O)n4C)CC3)n2n1. The van der Waals surface area contributed by atoms with Crippen LogP contribution in [0.2, 0.25) is 0 Å². The lowest BCUT2D eigenvalue weighted by molar-refractivity contribution is 0.386. The molecule has 0 radical (unpaired) electrons. The predicted molar refractivity (Wildman–Crippen MR) is 109 cm³/mol. The van der Waals surface area contributed by atoms with Gasteiger partial charge in [0.05, 0.1) is 18.0 Å². The molecule has 0 saturated carbocycles. The molecule has 148 valence electrons. The van der Waals surface area contributed by atoms with Crippen molar-refractivity contribution in [2.45, 2.75) is 18.8 Å². The first-order valence-electron chi connectivity index (χ1n) is 9.63. The average Bonchev–Trinajstić information content (AvgIpc) is 3.19. The second-order valence-electron chi connectivity index (χ2n) is 7.26. The molecule has 3 aromatic heterocycles. The average molecular weight is 391 g/mol. The Labute approximate surface area is 166 Å². The molecular weight excluding hydrogens is 370 g/mol. The fourth-order valence-corrected chi connectivity index (χ4v) is 3.98. The molecule has 1 saturated heterocycles. The van der Waals surface area contributed by atoms with Crippen LogP contribution in [0.4, 0.5) is 5.95 Å². The monoisotopic (exact) mass is 391 g/mol. The maximum Gasteiger partial charge on any atom is 0.262 e. The van der Waals surface area contributed by atoms with E-state index >= 15 is 0 Å². The molecule has 0 unspecified atom stereocenters. The lowest BCUT2D eigenvalue weighted by atomic mass is 9.96. The third-order valence-corrected chi connectivity index (χ3v) is 5.57. The largest absolute Gasteiger partial charge is 0.480 e. The maximum atomic E-state index is 12.7. The van der Waals surface area contributed by atoms with Crippen LogP contribution in [0.5, 0.6) is 5.88 Å². The number of methoxy groups -OCH3 is 1. The van der Waals surface area contributed by atoms with Crippen molar-refractivity contribution in [3.63, 3.8) is 0 Å². The Morgan fingerprint density at radius 1 is 1.07 bits per heavy atom. The number of rotatable bonds is 3. The van der Waals surface area contributed by atoms with E-state index in [0.717, 1.165) is 37.3 Å². The van der Waals surface area contributed by atoms with E-state index in [-0.39, 0.29) is 11.5 Å². The third-order valence-electron chi connectivity index (χ3n) is 5.57. The van der Waals surface area contributed by atoms with Crippen LogP contribution >= 0.6 is 0 Å². The van der Waals surface area contributed by atoms with Gasteiger partial charge in [-0.1, -0.05) is 12.1 Å². The van der Waals surface area contributed by atoms with Gasteiger partial charge in [0.1, 0.15) is 0 Å². The first kappa shape index (κ1) is 17.6. The Bertz CT molecular complexity index is 1250. The van der Waals surface area contributed by atoms with Crippen molar-refractivity contribution in [3.05, 3.63) is 52.6 Å². The molecule has 0 amide bonds. The number of ether oxygens (including phenoxy) is 1. The van der Waals surface area contributed by atoms with E-state index in [9.17, 15) is 4.79 Å². The van der Waals surface area contributed by atoms with Crippen LogP contribution in [-0.4, -0.2) is 49.6 Å². The van der Waals surface area contributed by atoms with Crippen LogP contribution < -0.4 is 15.2 Å². The molecule has 5 rings (SSSR count). The first-order chi connectivity index (χ1) is 14.2. The minimum Gasteiger partial charge on any atom is -0.480 e. The molecule has 9 nitrogen and oxygen atoms in total. The van der Waals surface area contributed by atoms with Crippen LogP contribution in [0.15, 0.2) is 41.2 Å². The highest BCUT2D eigenvalue weighted by Gasteiger charge is 2.27. The van der Waals surface area contributed by atoms with Crippen molar-refractivity contribution in [3.8, 4) is 5.88 Å². The summed E-state index contributed by atoms with van der Waals surface area (Å²) in [6.07, 6.45) is 1.75. The molecule has 29 heavy (non-hydrogen) atoms. The van der Waals surface area contributed by atoms with Gasteiger partial charge in [0.2, 0.25) is 11.8 Å². The summed E-state index contributed by atoms with van der Waals surface area (Å²) in [6, 6.07) is 11.1. The summed E-state index contributed by atoms with van der Waals surface area (Å²) in [4.78, 5) is 19.6. The van der Waals surface area contributed by atoms with Gasteiger partial charge in [-0.25, -0.2) is 4.98 Å². The standard InChI is InChI=1S/C20H21N7O2/c1-25-19(28)14-5-3-4-6-15(14)21-20(25)26-11-9-13(10-12-26)18-23-22-16-7-8-17(29-2)24-27(16)18/h3-8,13H,9-12H2,1-2H3. The van der Waals surface area contributed by atoms with Crippen LogP contribution in [-0.2, 0) is 7.05 Å². The van der Waals surface area contributed by atoms with Gasteiger partial charge >= 0.3 is 0 Å². The molecule has 9 heteroatoms. The van der Waals surface area contributed by atoms with E-state index in [0.29, 0.717) is 22.9 Å². The predicted octanol–water partition coefficient (Wildman–Crippen LogP) is 1.76. The van der Waals surface area contributed by atoms with Crippen LogP contribution in [0.3, 0.4) is 0 Å². The Morgan fingerprint density at radius 2 is 1.86 bits per heavy atom. The van der Waals surface area contributed by atoms with Gasteiger partial charge in [0, 0.05) is 32.1 Å². The van der Waals surface area contributed by atoms with Crippen molar-refractivity contribution >= 4 is 22.5 Å². The molecule has 0 N–H and O–H groups in total. The summed E-state index contributed by atoms with van der Waals surface area (Å²) < 4.78 is 8.64. The van der Waals surface area contributed by atoms with Crippen molar-refractivity contribution in [2.24, 2.45) is 7.05 Å². The summed E-state index contributed by atoms with van der Waals surface area (Å²) in [7, 11) is 3.38. The summed E-state index contributed by atoms with van der Waals surface area (Å²) >= 11 is 0. The van der Waals surface area contributed by atoms with Gasteiger partial charge in [-0.2, -0.15) is 4.52 Å². The topological polar surface area (TPSA) is 90.4 Å². The fraction of sp³-hybridized carbons (Fsp3) is 0.350. The molecule has 1 aromatic carbocycles. The first-order valence-corrected chi connectivity index (χ1v) is 9.63.